The van der Waals surface area contributed by atoms with Crippen LogP contribution in [0.3, 0.4) is 0 Å². The summed E-state index contributed by atoms with van der Waals surface area (Å²) < 4.78 is 18.3. The number of fused-ring (bicyclic) bond motifs is 1. The normalized spacial score (nSPS) is 17.7. The van der Waals surface area contributed by atoms with Crippen LogP contribution >= 0.6 is 0 Å². The molecule has 1 aliphatic rings. The molecule has 1 atom stereocenters. The van der Waals surface area contributed by atoms with Crippen LogP contribution in [0.4, 0.5) is 10.1 Å². The van der Waals surface area contributed by atoms with Gasteiger partial charge in [0.1, 0.15) is 5.82 Å². The number of anilines is 1. The number of benzene rings is 2. The largest absolute Gasteiger partial charge is 0.417 e. The standard InChI is InChI=1S/C24H28FN3O2/c1-16(26-20-8-9-21-22(14-20)30-23(29)27-21)17(2)28-12-10-24(3,11-13-28)15-18-4-6-19(25)7-5-18/h4-9,14,17,26H,1,10-13,15H2,2-3H3,(H,27,29). The minimum Gasteiger partial charge on any atom is -0.408 e. The van der Waals surface area contributed by atoms with Gasteiger partial charge in [-0.3, -0.25) is 9.88 Å². The van der Waals surface area contributed by atoms with Gasteiger partial charge in [-0.25, -0.2) is 9.18 Å². The van der Waals surface area contributed by atoms with Crippen molar-refractivity contribution in [1.29, 1.82) is 0 Å². The van der Waals surface area contributed by atoms with E-state index in [9.17, 15) is 9.18 Å². The van der Waals surface area contributed by atoms with E-state index in [4.69, 9.17) is 4.42 Å². The monoisotopic (exact) mass is 409 g/mol. The smallest absolute Gasteiger partial charge is 0.408 e. The number of nitrogens with one attached hydrogen (secondary N) is 2. The summed E-state index contributed by atoms with van der Waals surface area (Å²) in [5.41, 5.74) is 4.38. The van der Waals surface area contributed by atoms with E-state index in [1.54, 1.807) is 18.2 Å². The molecule has 1 aliphatic heterocycles. The highest BCUT2D eigenvalue weighted by Gasteiger charge is 2.32. The van der Waals surface area contributed by atoms with Crippen LogP contribution in [-0.4, -0.2) is 29.0 Å². The van der Waals surface area contributed by atoms with Gasteiger partial charge in [-0.2, -0.15) is 0 Å². The average Bonchev–Trinajstić information content (AvgIpc) is 3.09. The molecule has 0 amide bonds. The molecule has 1 aromatic heterocycles. The Morgan fingerprint density at radius 2 is 1.97 bits per heavy atom. The third-order valence-electron chi connectivity index (χ3n) is 6.33. The van der Waals surface area contributed by atoms with Crippen LogP contribution < -0.4 is 11.1 Å². The van der Waals surface area contributed by atoms with Crippen LogP contribution in [0.15, 0.2) is 64.0 Å². The third kappa shape index (κ3) is 4.49. The van der Waals surface area contributed by atoms with Crippen molar-refractivity contribution in [2.45, 2.75) is 39.2 Å². The first-order valence-electron chi connectivity index (χ1n) is 10.4. The zero-order chi connectivity index (χ0) is 21.3. The molecule has 2 heterocycles. The lowest BCUT2D eigenvalue weighted by Gasteiger charge is -2.42. The van der Waals surface area contributed by atoms with E-state index in [1.807, 2.05) is 24.3 Å². The third-order valence-corrected chi connectivity index (χ3v) is 6.33. The SMILES string of the molecule is C=C(Nc1ccc2[nH]c(=O)oc2c1)C(C)N1CCC(C)(Cc2ccc(F)cc2)CC1. The highest BCUT2D eigenvalue weighted by Crippen LogP contribution is 2.35. The Morgan fingerprint density at radius 1 is 1.27 bits per heavy atom. The van der Waals surface area contributed by atoms with Gasteiger partial charge in [0, 0.05) is 23.5 Å². The van der Waals surface area contributed by atoms with E-state index in [0.717, 1.165) is 43.7 Å². The van der Waals surface area contributed by atoms with E-state index in [1.165, 1.54) is 5.56 Å². The van der Waals surface area contributed by atoms with Crippen LogP contribution in [0.1, 0.15) is 32.3 Å². The Bertz CT molecular complexity index is 1090. The van der Waals surface area contributed by atoms with E-state index in [-0.39, 0.29) is 17.3 Å². The lowest BCUT2D eigenvalue weighted by Crippen LogP contribution is -2.45. The Kier molecular flexibility index (Phi) is 5.52. The second-order valence-corrected chi connectivity index (χ2v) is 8.70. The average molecular weight is 410 g/mol. The number of aromatic amines is 1. The number of halogens is 1. The molecule has 0 spiro atoms. The number of rotatable bonds is 6. The van der Waals surface area contributed by atoms with E-state index in [0.29, 0.717) is 11.1 Å². The van der Waals surface area contributed by atoms with E-state index >= 15 is 0 Å². The van der Waals surface area contributed by atoms with Crippen molar-refractivity contribution in [3.63, 3.8) is 0 Å². The highest BCUT2D eigenvalue weighted by atomic mass is 19.1. The summed E-state index contributed by atoms with van der Waals surface area (Å²) in [6, 6.07) is 12.6. The number of H-pyrrole nitrogens is 1. The van der Waals surface area contributed by atoms with E-state index in [2.05, 4.69) is 35.6 Å². The summed E-state index contributed by atoms with van der Waals surface area (Å²) in [5.74, 6) is -0.636. The number of oxazole rings is 1. The molecule has 1 unspecified atom stereocenters. The van der Waals surface area contributed by atoms with Crippen LogP contribution in [-0.2, 0) is 6.42 Å². The van der Waals surface area contributed by atoms with Gasteiger partial charge in [-0.05, 0) is 74.5 Å². The number of likely N-dealkylation sites (tertiary alicyclic amines) is 1. The molecule has 0 radical (unpaired) electrons. The summed E-state index contributed by atoms with van der Waals surface area (Å²) in [6.45, 7) is 10.7. The molecule has 158 valence electrons. The lowest BCUT2D eigenvalue weighted by molar-refractivity contribution is 0.100. The fourth-order valence-electron chi connectivity index (χ4n) is 4.26. The van der Waals surface area contributed by atoms with Gasteiger partial charge in [0.05, 0.1) is 5.52 Å². The van der Waals surface area contributed by atoms with Gasteiger partial charge in [0.25, 0.3) is 0 Å². The van der Waals surface area contributed by atoms with Gasteiger partial charge in [0.15, 0.2) is 5.58 Å². The van der Waals surface area contributed by atoms with Gasteiger partial charge in [-0.15, -0.1) is 0 Å². The first-order valence-corrected chi connectivity index (χ1v) is 10.4. The number of aromatic nitrogens is 1. The van der Waals surface area contributed by atoms with Crippen molar-refractivity contribution in [3.05, 3.63) is 76.7 Å². The maximum Gasteiger partial charge on any atom is 0.417 e. The Hall–Kier alpha value is -2.86. The van der Waals surface area contributed by atoms with Crippen LogP contribution in [0.25, 0.3) is 11.1 Å². The first-order chi connectivity index (χ1) is 14.3. The number of nitrogens with zero attached hydrogens (tertiary/aromatic N) is 1. The summed E-state index contributed by atoms with van der Waals surface area (Å²) in [7, 11) is 0. The lowest BCUT2D eigenvalue weighted by atomic mass is 9.75. The molecule has 2 N–H and O–H groups in total. The Morgan fingerprint density at radius 3 is 2.67 bits per heavy atom. The molecule has 30 heavy (non-hydrogen) atoms. The second-order valence-electron chi connectivity index (χ2n) is 8.70. The van der Waals surface area contributed by atoms with Crippen LogP contribution in [0, 0.1) is 11.2 Å². The molecule has 1 saturated heterocycles. The van der Waals surface area contributed by atoms with Gasteiger partial charge in [-0.1, -0.05) is 25.6 Å². The van der Waals surface area contributed by atoms with Crippen LogP contribution in [0.5, 0.6) is 0 Å². The fourth-order valence-corrected chi connectivity index (χ4v) is 4.26. The van der Waals surface area contributed by atoms with Crippen molar-refractivity contribution in [1.82, 2.24) is 9.88 Å². The molecule has 0 saturated carbocycles. The quantitative estimate of drug-likeness (QED) is 0.607. The molecular weight excluding hydrogens is 381 g/mol. The summed E-state index contributed by atoms with van der Waals surface area (Å²) in [6.07, 6.45) is 3.14. The number of hydrogen-bond acceptors (Lipinski definition) is 4. The van der Waals surface area contributed by atoms with Crippen molar-refractivity contribution in [3.8, 4) is 0 Å². The zero-order valence-corrected chi connectivity index (χ0v) is 17.5. The molecule has 2 aromatic carbocycles. The molecule has 6 heteroatoms. The predicted molar refractivity (Wildman–Crippen MR) is 118 cm³/mol. The van der Waals surface area contributed by atoms with Gasteiger partial charge >= 0.3 is 5.76 Å². The molecular formula is C24H28FN3O2. The molecule has 0 bridgehead atoms. The molecule has 4 rings (SSSR count). The first kappa shape index (κ1) is 20.4. The fraction of sp³-hybridized carbons (Fsp3) is 0.375. The summed E-state index contributed by atoms with van der Waals surface area (Å²) in [4.78, 5) is 16.4. The Balaban J connectivity index is 1.34. The van der Waals surface area contributed by atoms with Gasteiger partial charge < -0.3 is 9.73 Å². The summed E-state index contributed by atoms with van der Waals surface area (Å²) in [5, 5.41) is 3.36. The molecule has 3 aromatic rings. The molecule has 1 fully saturated rings. The minimum atomic E-state index is -0.452. The van der Waals surface area contributed by atoms with Crippen LogP contribution in [0.2, 0.25) is 0 Å². The second kappa shape index (κ2) is 8.11. The van der Waals surface area contributed by atoms with E-state index < -0.39 is 5.76 Å². The van der Waals surface area contributed by atoms with Gasteiger partial charge in [0.2, 0.25) is 0 Å². The van der Waals surface area contributed by atoms with Crippen molar-refractivity contribution in [2.75, 3.05) is 18.4 Å². The molecule has 5 nitrogen and oxygen atoms in total. The topological polar surface area (TPSA) is 61.3 Å². The maximum atomic E-state index is 13.2. The van der Waals surface area contributed by atoms with Crippen molar-refractivity contribution in [2.24, 2.45) is 5.41 Å². The number of piperidine rings is 1. The highest BCUT2D eigenvalue weighted by molar-refractivity contribution is 5.77. The Labute approximate surface area is 175 Å². The molecule has 0 aliphatic carbocycles. The summed E-state index contributed by atoms with van der Waals surface area (Å²) >= 11 is 0. The van der Waals surface area contributed by atoms with Crippen molar-refractivity contribution < 1.29 is 8.81 Å². The van der Waals surface area contributed by atoms with Crippen molar-refractivity contribution >= 4 is 16.8 Å². The predicted octanol–water partition coefficient (Wildman–Crippen LogP) is 4.92. The maximum absolute atomic E-state index is 13.2. The zero-order valence-electron chi connectivity index (χ0n) is 17.5. The number of hydrogen-bond donors (Lipinski definition) is 2. The minimum absolute atomic E-state index is 0.175.